The summed E-state index contributed by atoms with van der Waals surface area (Å²) in [5, 5.41) is 2.78. The average molecular weight is 302 g/mol. The molecule has 1 aliphatic rings. The molecular formula is C12H13BrFNO2. The first-order valence-corrected chi connectivity index (χ1v) is 6.31. The highest BCUT2D eigenvalue weighted by Crippen LogP contribution is 2.18. The van der Waals surface area contributed by atoms with Gasteiger partial charge >= 0.3 is 0 Å². The van der Waals surface area contributed by atoms with E-state index in [1.54, 1.807) is 0 Å². The summed E-state index contributed by atoms with van der Waals surface area (Å²) in [6, 6.07) is 4.01. The lowest BCUT2D eigenvalue weighted by molar-refractivity contribution is 0.0857. The summed E-state index contributed by atoms with van der Waals surface area (Å²) >= 11 is 3.17. The van der Waals surface area contributed by atoms with E-state index in [9.17, 15) is 9.18 Å². The number of hydrogen-bond acceptors (Lipinski definition) is 2. The summed E-state index contributed by atoms with van der Waals surface area (Å²) < 4.78 is 18.7. The van der Waals surface area contributed by atoms with Crippen molar-refractivity contribution >= 4 is 21.8 Å². The lowest BCUT2D eigenvalue weighted by Gasteiger charge is -2.11. The van der Waals surface area contributed by atoms with Crippen LogP contribution in [0.1, 0.15) is 23.2 Å². The minimum Gasteiger partial charge on any atom is -0.376 e. The summed E-state index contributed by atoms with van der Waals surface area (Å²) in [6.45, 7) is 1.27. The zero-order valence-corrected chi connectivity index (χ0v) is 10.8. The van der Waals surface area contributed by atoms with Gasteiger partial charge in [0.1, 0.15) is 5.82 Å². The van der Waals surface area contributed by atoms with E-state index in [-0.39, 0.29) is 17.8 Å². The third-order valence-corrected chi connectivity index (χ3v) is 3.35. The van der Waals surface area contributed by atoms with Gasteiger partial charge in [0.2, 0.25) is 0 Å². The van der Waals surface area contributed by atoms with E-state index in [2.05, 4.69) is 21.2 Å². The van der Waals surface area contributed by atoms with Gasteiger partial charge in [0.15, 0.2) is 0 Å². The quantitative estimate of drug-likeness (QED) is 0.931. The second-order valence-electron chi connectivity index (χ2n) is 3.97. The van der Waals surface area contributed by atoms with Gasteiger partial charge in [0.05, 0.1) is 11.7 Å². The Labute approximate surface area is 107 Å². The van der Waals surface area contributed by atoms with Crippen LogP contribution in [0.3, 0.4) is 0 Å². The minimum atomic E-state index is -0.368. The predicted molar refractivity (Wildman–Crippen MR) is 65.4 cm³/mol. The van der Waals surface area contributed by atoms with Crippen molar-refractivity contribution in [3.63, 3.8) is 0 Å². The molecule has 1 N–H and O–H groups in total. The molecule has 0 aliphatic carbocycles. The van der Waals surface area contributed by atoms with E-state index in [1.165, 1.54) is 18.2 Å². The van der Waals surface area contributed by atoms with E-state index in [0.29, 0.717) is 16.6 Å². The Kier molecular flexibility index (Phi) is 4.12. The highest BCUT2D eigenvalue weighted by Gasteiger charge is 2.17. The summed E-state index contributed by atoms with van der Waals surface area (Å²) in [6.07, 6.45) is 2.13. The lowest BCUT2D eigenvalue weighted by atomic mass is 10.2. The Morgan fingerprint density at radius 2 is 2.41 bits per heavy atom. The van der Waals surface area contributed by atoms with Crippen molar-refractivity contribution in [3.05, 3.63) is 34.1 Å². The molecule has 1 atom stereocenters. The van der Waals surface area contributed by atoms with E-state index in [4.69, 9.17) is 4.74 Å². The van der Waals surface area contributed by atoms with Gasteiger partial charge in [0.25, 0.3) is 5.91 Å². The zero-order chi connectivity index (χ0) is 12.3. The van der Waals surface area contributed by atoms with Gasteiger partial charge in [-0.05, 0) is 47.0 Å². The third kappa shape index (κ3) is 3.26. The number of hydrogen-bond donors (Lipinski definition) is 1. The maximum absolute atomic E-state index is 12.9. The van der Waals surface area contributed by atoms with Crippen molar-refractivity contribution in [2.45, 2.75) is 18.9 Å². The summed E-state index contributed by atoms with van der Waals surface area (Å²) in [7, 11) is 0. The molecule has 0 saturated carbocycles. The Balaban J connectivity index is 1.94. The summed E-state index contributed by atoms with van der Waals surface area (Å²) in [4.78, 5) is 11.8. The topological polar surface area (TPSA) is 38.3 Å². The van der Waals surface area contributed by atoms with Crippen LogP contribution in [-0.4, -0.2) is 25.2 Å². The van der Waals surface area contributed by atoms with Gasteiger partial charge in [0, 0.05) is 17.6 Å². The number of nitrogens with one attached hydrogen (secondary N) is 1. The molecule has 1 amide bonds. The van der Waals surface area contributed by atoms with E-state index < -0.39 is 0 Å². The first kappa shape index (κ1) is 12.5. The van der Waals surface area contributed by atoms with Crippen molar-refractivity contribution < 1.29 is 13.9 Å². The van der Waals surface area contributed by atoms with E-state index >= 15 is 0 Å². The molecule has 1 aliphatic heterocycles. The molecule has 1 aromatic rings. The van der Waals surface area contributed by atoms with Crippen LogP contribution in [0.4, 0.5) is 4.39 Å². The molecule has 92 valence electrons. The van der Waals surface area contributed by atoms with Gasteiger partial charge in [-0.25, -0.2) is 4.39 Å². The fraction of sp³-hybridized carbons (Fsp3) is 0.417. The normalized spacial score (nSPS) is 19.3. The van der Waals surface area contributed by atoms with E-state index in [0.717, 1.165) is 19.4 Å². The SMILES string of the molecule is O=C(NCC1CCCO1)c1ccc(F)cc1Br. The Bertz CT molecular complexity index is 419. The molecule has 1 unspecified atom stereocenters. The smallest absolute Gasteiger partial charge is 0.252 e. The molecule has 0 radical (unpaired) electrons. The maximum Gasteiger partial charge on any atom is 0.252 e. The van der Waals surface area contributed by atoms with Crippen LogP contribution in [0.5, 0.6) is 0 Å². The zero-order valence-electron chi connectivity index (χ0n) is 9.21. The molecule has 2 rings (SSSR count). The monoisotopic (exact) mass is 301 g/mol. The second kappa shape index (κ2) is 5.60. The number of benzene rings is 1. The Morgan fingerprint density at radius 3 is 3.06 bits per heavy atom. The number of carbonyl (C=O) groups excluding carboxylic acids is 1. The molecule has 17 heavy (non-hydrogen) atoms. The number of carbonyl (C=O) groups is 1. The molecule has 1 heterocycles. The molecule has 3 nitrogen and oxygen atoms in total. The van der Waals surface area contributed by atoms with Gasteiger partial charge in [-0.2, -0.15) is 0 Å². The molecular weight excluding hydrogens is 289 g/mol. The van der Waals surface area contributed by atoms with Crippen LogP contribution >= 0.6 is 15.9 Å². The summed E-state index contributed by atoms with van der Waals surface area (Å²) in [5.74, 6) is -0.583. The standard InChI is InChI=1S/C12H13BrFNO2/c13-11-6-8(14)3-4-10(11)12(16)15-7-9-2-1-5-17-9/h3-4,6,9H,1-2,5,7H2,(H,15,16). The molecule has 0 aromatic heterocycles. The van der Waals surface area contributed by atoms with Crippen LogP contribution in [0.15, 0.2) is 22.7 Å². The number of halogens is 2. The maximum atomic E-state index is 12.9. The van der Waals surface area contributed by atoms with Crippen LogP contribution < -0.4 is 5.32 Å². The number of rotatable bonds is 3. The fourth-order valence-electron chi connectivity index (χ4n) is 1.78. The lowest BCUT2D eigenvalue weighted by Crippen LogP contribution is -2.31. The van der Waals surface area contributed by atoms with Crippen molar-refractivity contribution in [2.24, 2.45) is 0 Å². The fourth-order valence-corrected chi connectivity index (χ4v) is 2.31. The van der Waals surface area contributed by atoms with Gasteiger partial charge < -0.3 is 10.1 Å². The molecule has 1 fully saturated rings. The average Bonchev–Trinajstić information content (AvgIpc) is 2.78. The third-order valence-electron chi connectivity index (χ3n) is 2.69. The van der Waals surface area contributed by atoms with Gasteiger partial charge in [-0.3, -0.25) is 4.79 Å². The van der Waals surface area contributed by atoms with Crippen molar-refractivity contribution in [1.29, 1.82) is 0 Å². The Hall–Kier alpha value is -0.940. The number of amides is 1. The molecule has 0 bridgehead atoms. The van der Waals surface area contributed by atoms with Crippen LogP contribution in [0.2, 0.25) is 0 Å². The summed E-state index contributed by atoms with van der Waals surface area (Å²) in [5.41, 5.74) is 0.435. The van der Waals surface area contributed by atoms with E-state index in [1.807, 2.05) is 0 Å². The minimum absolute atomic E-state index is 0.109. The Morgan fingerprint density at radius 1 is 1.59 bits per heavy atom. The van der Waals surface area contributed by atoms with Crippen LogP contribution in [0, 0.1) is 5.82 Å². The molecule has 1 aromatic carbocycles. The first-order valence-electron chi connectivity index (χ1n) is 5.51. The highest BCUT2D eigenvalue weighted by atomic mass is 79.9. The second-order valence-corrected chi connectivity index (χ2v) is 4.82. The molecule has 5 heteroatoms. The highest BCUT2D eigenvalue weighted by molar-refractivity contribution is 9.10. The van der Waals surface area contributed by atoms with Crippen molar-refractivity contribution in [1.82, 2.24) is 5.32 Å². The number of ether oxygens (including phenoxy) is 1. The predicted octanol–water partition coefficient (Wildman–Crippen LogP) is 2.50. The van der Waals surface area contributed by atoms with Crippen LogP contribution in [0.25, 0.3) is 0 Å². The van der Waals surface area contributed by atoms with Gasteiger partial charge in [-0.15, -0.1) is 0 Å². The molecule has 0 spiro atoms. The molecule has 1 saturated heterocycles. The van der Waals surface area contributed by atoms with Crippen molar-refractivity contribution in [2.75, 3.05) is 13.2 Å². The van der Waals surface area contributed by atoms with Crippen LogP contribution in [-0.2, 0) is 4.74 Å². The largest absolute Gasteiger partial charge is 0.376 e. The first-order chi connectivity index (χ1) is 8.16. The van der Waals surface area contributed by atoms with Gasteiger partial charge in [-0.1, -0.05) is 0 Å². The van der Waals surface area contributed by atoms with Crippen molar-refractivity contribution in [3.8, 4) is 0 Å².